The Bertz CT molecular complexity index is 441. The average molecular weight is 275 g/mol. The lowest BCUT2D eigenvalue weighted by Crippen LogP contribution is -2.17. The third-order valence-corrected chi connectivity index (χ3v) is 3.46. The molecular weight excluding hydrogens is 263 g/mol. The van der Waals surface area contributed by atoms with E-state index in [-0.39, 0.29) is 11.8 Å². The summed E-state index contributed by atoms with van der Waals surface area (Å²) >= 11 is 11.8. The van der Waals surface area contributed by atoms with Gasteiger partial charge in [-0.15, -0.1) is 0 Å². The number of hydrogen-bond donors (Lipinski definition) is 1. The van der Waals surface area contributed by atoms with Crippen molar-refractivity contribution in [3.05, 3.63) is 28.2 Å². The highest BCUT2D eigenvalue weighted by atomic mass is 35.5. The summed E-state index contributed by atoms with van der Waals surface area (Å²) < 4.78 is 5.57. The van der Waals surface area contributed by atoms with Gasteiger partial charge < -0.3 is 9.84 Å². The molecule has 0 aliphatic heterocycles. The van der Waals surface area contributed by atoms with Crippen LogP contribution in [0.25, 0.3) is 0 Å². The first-order valence-electron chi connectivity index (χ1n) is 5.30. The van der Waals surface area contributed by atoms with Crippen LogP contribution in [-0.4, -0.2) is 17.7 Å². The summed E-state index contributed by atoms with van der Waals surface area (Å²) in [6.07, 6.45) is 1.92. The number of ether oxygens (including phenoxy) is 1. The Labute approximate surface area is 109 Å². The van der Waals surface area contributed by atoms with Gasteiger partial charge in [-0.3, -0.25) is 4.79 Å². The summed E-state index contributed by atoms with van der Waals surface area (Å²) in [6, 6.07) is 4.98. The van der Waals surface area contributed by atoms with Crippen molar-refractivity contribution in [3.8, 4) is 5.75 Å². The van der Waals surface area contributed by atoms with Crippen molar-refractivity contribution in [1.29, 1.82) is 0 Å². The largest absolute Gasteiger partial charge is 0.491 e. The molecule has 0 radical (unpaired) electrons. The first-order valence-corrected chi connectivity index (χ1v) is 6.06. The highest BCUT2D eigenvalue weighted by molar-refractivity contribution is 6.34. The zero-order chi connectivity index (χ0) is 12.5. The van der Waals surface area contributed by atoms with Crippen LogP contribution < -0.4 is 4.74 Å². The maximum atomic E-state index is 10.7. The van der Waals surface area contributed by atoms with E-state index in [0.717, 1.165) is 12.8 Å². The van der Waals surface area contributed by atoms with Crippen molar-refractivity contribution in [2.24, 2.45) is 5.41 Å². The molecule has 0 unspecified atom stereocenters. The Morgan fingerprint density at radius 1 is 1.41 bits per heavy atom. The van der Waals surface area contributed by atoms with Crippen LogP contribution in [0.4, 0.5) is 0 Å². The van der Waals surface area contributed by atoms with Gasteiger partial charge >= 0.3 is 5.97 Å². The Kier molecular flexibility index (Phi) is 3.50. The molecule has 0 atom stereocenters. The highest BCUT2D eigenvalue weighted by Gasteiger charge is 2.45. The number of aliphatic carboxylic acids is 1. The molecule has 1 aromatic rings. The van der Waals surface area contributed by atoms with Crippen LogP contribution >= 0.6 is 23.2 Å². The molecule has 1 aromatic carbocycles. The number of carbonyl (C=O) groups is 1. The molecule has 17 heavy (non-hydrogen) atoms. The minimum atomic E-state index is -0.789. The summed E-state index contributed by atoms with van der Waals surface area (Å²) in [6.45, 7) is 0.374. The molecule has 3 nitrogen and oxygen atoms in total. The Balaban J connectivity index is 1.98. The molecule has 0 saturated heterocycles. The normalized spacial score (nSPS) is 16.6. The summed E-state index contributed by atoms with van der Waals surface area (Å²) in [5.74, 6) is -0.279. The fourth-order valence-electron chi connectivity index (χ4n) is 1.69. The van der Waals surface area contributed by atoms with Crippen molar-refractivity contribution in [2.45, 2.75) is 19.3 Å². The lowest BCUT2D eigenvalue weighted by atomic mass is 10.0. The molecule has 1 aliphatic rings. The van der Waals surface area contributed by atoms with Crippen LogP contribution in [0, 0.1) is 5.41 Å². The lowest BCUT2D eigenvalue weighted by Gasteiger charge is -2.15. The third kappa shape index (κ3) is 3.27. The van der Waals surface area contributed by atoms with Crippen LogP contribution in [0.3, 0.4) is 0 Å². The average Bonchev–Trinajstić information content (AvgIpc) is 2.99. The molecule has 0 heterocycles. The molecule has 1 N–H and O–H groups in total. The molecule has 5 heteroatoms. The van der Waals surface area contributed by atoms with Gasteiger partial charge in [-0.25, -0.2) is 0 Å². The number of carboxylic acids is 1. The van der Waals surface area contributed by atoms with Gasteiger partial charge in [0.05, 0.1) is 18.1 Å². The van der Waals surface area contributed by atoms with E-state index in [0.29, 0.717) is 22.4 Å². The monoisotopic (exact) mass is 274 g/mol. The van der Waals surface area contributed by atoms with Crippen molar-refractivity contribution in [3.63, 3.8) is 0 Å². The Morgan fingerprint density at radius 3 is 2.71 bits per heavy atom. The van der Waals surface area contributed by atoms with Crippen molar-refractivity contribution in [2.75, 3.05) is 6.61 Å². The number of carboxylic acid groups (broad SMARTS) is 1. The summed E-state index contributed by atoms with van der Waals surface area (Å²) in [7, 11) is 0. The van der Waals surface area contributed by atoms with Gasteiger partial charge in [-0.05, 0) is 25.0 Å². The minimum absolute atomic E-state index is 0.144. The minimum Gasteiger partial charge on any atom is -0.491 e. The van der Waals surface area contributed by atoms with Crippen LogP contribution in [-0.2, 0) is 4.79 Å². The van der Waals surface area contributed by atoms with E-state index < -0.39 is 5.97 Å². The van der Waals surface area contributed by atoms with Gasteiger partial charge in [0.1, 0.15) is 5.75 Å². The fraction of sp³-hybridized carbons (Fsp3) is 0.417. The first-order chi connectivity index (χ1) is 8.01. The maximum absolute atomic E-state index is 10.7. The quantitative estimate of drug-likeness (QED) is 0.892. The topological polar surface area (TPSA) is 46.5 Å². The standard InChI is InChI=1S/C12H12Cl2O3/c13-8-1-2-9(14)10(5-8)17-7-12(3-4-12)6-11(15)16/h1-2,5H,3-4,6-7H2,(H,15,16). The van der Waals surface area contributed by atoms with Gasteiger partial charge in [0.15, 0.2) is 0 Å². The van der Waals surface area contributed by atoms with Crippen LogP contribution in [0.15, 0.2) is 18.2 Å². The SMILES string of the molecule is O=C(O)CC1(COc2cc(Cl)ccc2Cl)CC1. The van der Waals surface area contributed by atoms with E-state index in [4.69, 9.17) is 33.0 Å². The number of hydrogen-bond acceptors (Lipinski definition) is 2. The summed E-state index contributed by atoms with van der Waals surface area (Å²) in [4.78, 5) is 10.7. The van der Waals surface area contributed by atoms with E-state index in [1.807, 2.05) is 0 Å². The van der Waals surface area contributed by atoms with Gasteiger partial charge in [0, 0.05) is 16.5 Å². The Hall–Kier alpha value is -0.930. The Morgan fingerprint density at radius 2 is 2.12 bits per heavy atom. The zero-order valence-corrected chi connectivity index (χ0v) is 10.6. The van der Waals surface area contributed by atoms with Gasteiger partial charge in [0.25, 0.3) is 0 Å². The van der Waals surface area contributed by atoms with E-state index in [9.17, 15) is 4.79 Å². The molecule has 1 saturated carbocycles. The van der Waals surface area contributed by atoms with Gasteiger partial charge in [-0.2, -0.15) is 0 Å². The zero-order valence-electron chi connectivity index (χ0n) is 9.08. The smallest absolute Gasteiger partial charge is 0.304 e. The molecule has 0 spiro atoms. The third-order valence-electron chi connectivity index (χ3n) is 2.91. The number of halogens is 2. The van der Waals surface area contributed by atoms with Gasteiger partial charge in [0.2, 0.25) is 0 Å². The van der Waals surface area contributed by atoms with Crippen molar-refractivity contribution < 1.29 is 14.6 Å². The number of rotatable bonds is 5. The van der Waals surface area contributed by atoms with E-state index in [1.54, 1.807) is 18.2 Å². The van der Waals surface area contributed by atoms with Crippen molar-refractivity contribution >= 4 is 29.2 Å². The van der Waals surface area contributed by atoms with Crippen LogP contribution in [0.5, 0.6) is 5.75 Å². The van der Waals surface area contributed by atoms with E-state index in [2.05, 4.69) is 0 Å². The summed E-state index contributed by atoms with van der Waals surface area (Å²) in [5.41, 5.74) is -0.211. The second-order valence-corrected chi connectivity index (χ2v) is 5.28. The van der Waals surface area contributed by atoms with Crippen LogP contribution in [0.2, 0.25) is 10.0 Å². The van der Waals surface area contributed by atoms with Crippen molar-refractivity contribution in [1.82, 2.24) is 0 Å². The van der Waals surface area contributed by atoms with E-state index >= 15 is 0 Å². The van der Waals surface area contributed by atoms with E-state index in [1.165, 1.54) is 0 Å². The maximum Gasteiger partial charge on any atom is 0.304 e. The fourth-order valence-corrected chi connectivity index (χ4v) is 2.02. The molecule has 1 fully saturated rings. The molecule has 0 amide bonds. The second-order valence-electron chi connectivity index (χ2n) is 4.43. The summed E-state index contributed by atoms with van der Waals surface area (Å²) in [5, 5.41) is 9.82. The molecule has 0 aromatic heterocycles. The van der Waals surface area contributed by atoms with Gasteiger partial charge in [-0.1, -0.05) is 23.2 Å². The molecule has 0 bridgehead atoms. The lowest BCUT2D eigenvalue weighted by molar-refractivity contribution is -0.138. The van der Waals surface area contributed by atoms with Crippen LogP contribution in [0.1, 0.15) is 19.3 Å². The predicted molar refractivity (Wildman–Crippen MR) is 65.9 cm³/mol. The molecule has 92 valence electrons. The second kappa shape index (κ2) is 4.75. The molecule has 2 rings (SSSR count). The molecular formula is C12H12Cl2O3. The predicted octanol–water partition coefficient (Wildman–Crippen LogP) is 3.63. The first kappa shape index (κ1) is 12.5. The molecule has 1 aliphatic carbocycles. The number of benzene rings is 1. The highest BCUT2D eigenvalue weighted by Crippen LogP contribution is 2.49.